The molecule has 0 bridgehead atoms. The molecule has 7 heteroatoms. The first kappa shape index (κ1) is 18.1. The topological polar surface area (TPSA) is 91.3 Å². The number of benzene rings is 1. The molecule has 2 saturated heterocycles. The predicted molar refractivity (Wildman–Crippen MR) is 91.7 cm³/mol. The third kappa shape index (κ3) is 3.95. The molecule has 0 radical (unpaired) electrons. The maximum Gasteiger partial charge on any atom is 0.251 e. The van der Waals surface area contributed by atoms with Gasteiger partial charge in [0.15, 0.2) is 0 Å². The van der Waals surface area contributed by atoms with Gasteiger partial charge < -0.3 is 25.0 Å². The molecule has 2 heterocycles. The van der Waals surface area contributed by atoms with Gasteiger partial charge in [-0.05, 0) is 50.2 Å². The lowest BCUT2D eigenvalue weighted by Crippen LogP contribution is -2.50. The molecule has 25 heavy (non-hydrogen) atoms. The van der Waals surface area contributed by atoms with E-state index >= 15 is 0 Å². The van der Waals surface area contributed by atoms with Gasteiger partial charge in [-0.3, -0.25) is 9.69 Å². The number of hydrogen-bond donors (Lipinski definition) is 3. The highest BCUT2D eigenvalue weighted by Crippen LogP contribution is 2.28. The quantitative estimate of drug-likeness (QED) is 0.670. The molecule has 7 nitrogen and oxygen atoms in total. The molecule has 1 aromatic carbocycles. The summed E-state index contributed by atoms with van der Waals surface area (Å²) in [6.45, 7) is 1.88. The first-order chi connectivity index (χ1) is 12.1. The van der Waals surface area contributed by atoms with Crippen molar-refractivity contribution in [1.29, 1.82) is 0 Å². The zero-order valence-electron chi connectivity index (χ0n) is 14.4. The van der Waals surface area contributed by atoms with Crippen LogP contribution in [0.2, 0.25) is 0 Å². The lowest BCUT2D eigenvalue weighted by atomic mass is 10.0. The summed E-state index contributed by atoms with van der Waals surface area (Å²) in [6.07, 6.45) is 0.502. The summed E-state index contributed by atoms with van der Waals surface area (Å²) in [7, 11) is 1.58. The van der Waals surface area contributed by atoms with Crippen LogP contribution in [-0.2, 0) is 4.74 Å². The van der Waals surface area contributed by atoms with Gasteiger partial charge in [-0.1, -0.05) is 0 Å². The largest absolute Gasteiger partial charge is 0.497 e. The summed E-state index contributed by atoms with van der Waals surface area (Å²) in [4.78, 5) is 14.5. The number of nitrogens with one attached hydrogen (secondary N) is 1. The number of aliphatic hydroxyl groups excluding tert-OH is 2. The number of ether oxygens (including phenoxy) is 2. The molecule has 1 amide bonds. The van der Waals surface area contributed by atoms with E-state index < -0.39 is 12.2 Å². The van der Waals surface area contributed by atoms with Gasteiger partial charge in [0.25, 0.3) is 5.91 Å². The fourth-order valence-corrected chi connectivity index (χ4v) is 3.67. The highest BCUT2D eigenvalue weighted by molar-refractivity contribution is 5.94. The Morgan fingerprint density at radius 2 is 1.96 bits per heavy atom. The molecule has 3 N–H and O–H groups in total. The van der Waals surface area contributed by atoms with Gasteiger partial charge in [0.2, 0.25) is 0 Å². The Morgan fingerprint density at radius 3 is 2.56 bits per heavy atom. The Balaban J connectivity index is 1.62. The Bertz CT molecular complexity index is 573. The van der Waals surface area contributed by atoms with Crippen LogP contribution in [0.15, 0.2) is 24.3 Å². The van der Waals surface area contributed by atoms with Crippen molar-refractivity contribution in [3.8, 4) is 5.75 Å². The molecule has 0 aliphatic carbocycles. The number of hydrogen-bond acceptors (Lipinski definition) is 6. The molecule has 3 rings (SSSR count). The number of carbonyl (C=O) groups excluding carboxylic acids is 1. The van der Waals surface area contributed by atoms with Gasteiger partial charge >= 0.3 is 0 Å². The minimum Gasteiger partial charge on any atom is -0.497 e. The third-order valence-corrected chi connectivity index (χ3v) is 5.02. The monoisotopic (exact) mass is 350 g/mol. The fourth-order valence-electron chi connectivity index (χ4n) is 3.67. The molecule has 2 fully saturated rings. The van der Waals surface area contributed by atoms with Gasteiger partial charge in [-0.25, -0.2) is 0 Å². The van der Waals surface area contributed by atoms with Crippen LogP contribution in [0.1, 0.15) is 23.2 Å². The summed E-state index contributed by atoms with van der Waals surface area (Å²) in [6, 6.07) is 6.68. The minimum absolute atomic E-state index is 0.198. The Labute approximate surface area is 147 Å². The van der Waals surface area contributed by atoms with Crippen molar-refractivity contribution < 1.29 is 24.5 Å². The molecule has 1 aromatic rings. The summed E-state index contributed by atoms with van der Waals surface area (Å²) in [5, 5.41) is 22.8. The van der Waals surface area contributed by atoms with Gasteiger partial charge in [0.05, 0.1) is 25.9 Å². The highest BCUT2D eigenvalue weighted by atomic mass is 16.5. The maximum absolute atomic E-state index is 12.3. The summed E-state index contributed by atoms with van der Waals surface area (Å²) in [5.41, 5.74) is 0.538. The summed E-state index contributed by atoms with van der Waals surface area (Å²) >= 11 is 0. The van der Waals surface area contributed by atoms with E-state index in [0.29, 0.717) is 17.9 Å². The van der Waals surface area contributed by atoms with Crippen molar-refractivity contribution in [2.75, 3.05) is 33.4 Å². The van der Waals surface area contributed by atoms with Crippen molar-refractivity contribution >= 4 is 5.91 Å². The molecule has 0 saturated carbocycles. The number of likely N-dealkylation sites (tertiary alicyclic amines) is 1. The van der Waals surface area contributed by atoms with Gasteiger partial charge in [0, 0.05) is 12.1 Å². The third-order valence-electron chi connectivity index (χ3n) is 5.02. The summed E-state index contributed by atoms with van der Waals surface area (Å²) in [5.74, 6) is 0.493. The molecule has 2 aliphatic rings. The Kier molecular flexibility index (Phi) is 5.90. The normalized spacial score (nSPS) is 29.7. The molecule has 138 valence electrons. The van der Waals surface area contributed by atoms with Crippen molar-refractivity contribution in [1.82, 2.24) is 10.2 Å². The second-order valence-electron chi connectivity index (χ2n) is 6.56. The van der Waals surface area contributed by atoms with Crippen molar-refractivity contribution in [3.63, 3.8) is 0 Å². The Hall–Kier alpha value is -1.67. The number of rotatable bonds is 6. The van der Waals surface area contributed by atoms with E-state index in [2.05, 4.69) is 10.2 Å². The lowest BCUT2D eigenvalue weighted by Gasteiger charge is -2.30. The molecule has 2 aliphatic heterocycles. The Morgan fingerprint density at radius 1 is 1.28 bits per heavy atom. The van der Waals surface area contributed by atoms with Crippen LogP contribution in [-0.4, -0.2) is 78.7 Å². The second kappa shape index (κ2) is 8.14. The zero-order chi connectivity index (χ0) is 17.8. The van der Waals surface area contributed by atoms with E-state index in [4.69, 9.17) is 9.47 Å². The molecular formula is C18H26N2O5. The first-order valence-electron chi connectivity index (χ1n) is 8.74. The van der Waals surface area contributed by atoms with Crippen LogP contribution in [0.25, 0.3) is 0 Å². The molecule has 0 spiro atoms. The van der Waals surface area contributed by atoms with Crippen LogP contribution >= 0.6 is 0 Å². The fraction of sp³-hybridized carbons (Fsp3) is 0.611. The van der Waals surface area contributed by atoms with E-state index in [9.17, 15) is 15.0 Å². The summed E-state index contributed by atoms with van der Waals surface area (Å²) < 4.78 is 10.9. The second-order valence-corrected chi connectivity index (χ2v) is 6.56. The molecule has 0 aromatic heterocycles. The van der Waals surface area contributed by atoms with Crippen LogP contribution in [0.5, 0.6) is 5.75 Å². The van der Waals surface area contributed by atoms with Gasteiger partial charge in [-0.15, -0.1) is 0 Å². The van der Waals surface area contributed by atoms with Crippen molar-refractivity contribution in [2.24, 2.45) is 0 Å². The van der Waals surface area contributed by atoms with Gasteiger partial charge in [0.1, 0.15) is 18.0 Å². The standard InChI is InChI=1S/C18H26N2O5/c1-24-13-6-4-12(5-7-13)18(23)19-10-14-16(20-8-2-3-9-20)17(22)15(11-21)25-14/h4-7,14-17,21-22H,2-3,8-11H2,1H3,(H,19,23). The van der Waals surface area contributed by atoms with Gasteiger partial charge in [-0.2, -0.15) is 0 Å². The van der Waals surface area contributed by atoms with Crippen molar-refractivity contribution in [3.05, 3.63) is 29.8 Å². The van der Waals surface area contributed by atoms with E-state index in [1.165, 1.54) is 0 Å². The first-order valence-corrected chi connectivity index (χ1v) is 8.74. The molecular weight excluding hydrogens is 324 g/mol. The average molecular weight is 350 g/mol. The number of amides is 1. The van der Waals surface area contributed by atoms with Crippen molar-refractivity contribution in [2.45, 2.75) is 37.2 Å². The average Bonchev–Trinajstić information content (AvgIpc) is 3.27. The number of methoxy groups -OCH3 is 1. The minimum atomic E-state index is -0.744. The van der Waals surface area contributed by atoms with E-state index in [-0.39, 0.29) is 24.7 Å². The van der Waals surface area contributed by atoms with Crippen LogP contribution in [0.4, 0.5) is 0 Å². The van der Waals surface area contributed by atoms with Crippen LogP contribution < -0.4 is 10.1 Å². The molecule has 4 atom stereocenters. The van der Waals surface area contributed by atoms with E-state index in [1.54, 1.807) is 31.4 Å². The smallest absolute Gasteiger partial charge is 0.251 e. The van der Waals surface area contributed by atoms with Crippen LogP contribution in [0.3, 0.4) is 0 Å². The zero-order valence-corrected chi connectivity index (χ0v) is 14.4. The number of carbonyl (C=O) groups is 1. The number of nitrogens with zero attached hydrogens (tertiary/aromatic N) is 1. The van der Waals surface area contributed by atoms with E-state index in [0.717, 1.165) is 25.9 Å². The highest BCUT2D eigenvalue weighted by Gasteiger charge is 2.46. The lowest BCUT2D eigenvalue weighted by molar-refractivity contribution is -0.0209. The van der Waals surface area contributed by atoms with Crippen LogP contribution in [0, 0.1) is 0 Å². The van der Waals surface area contributed by atoms with E-state index in [1.807, 2.05) is 0 Å². The predicted octanol–water partition coefficient (Wildman–Crippen LogP) is 0.0100. The maximum atomic E-state index is 12.3. The number of aliphatic hydroxyl groups is 2. The molecule has 4 unspecified atom stereocenters. The SMILES string of the molecule is COc1ccc(C(=O)NCC2OC(CO)C(O)C2N2CCCC2)cc1.